The maximum absolute atomic E-state index is 12.1. The second-order valence-electron chi connectivity index (χ2n) is 3.82. The molecule has 0 atom stereocenters. The van der Waals surface area contributed by atoms with Crippen LogP contribution in [0.3, 0.4) is 0 Å². The van der Waals surface area contributed by atoms with Crippen molar-refractivity contribution in [3.63, 3.8) is 0 Å². The van der Waals surface area contributed by atoms with Crippen LogP contribution in [-0.4, -0.2) is 28.1 Å². The van der Waals surface area contributed by atoms with Gasteiger partial charge in [0.2, 0.25) is 5.13 Å². The van der Waals surface area contributed by atoms with Crippen LogP contribution in [0.5, 0.6) is 0 Å². The SMILES string of the molecule is CNc1ccc([N+](=O)[O-])c(C(=O)Nc2nnc(C)s2)c1. The summed E-state index contributed by atoms with van der Waals surface area (Å²) in [4.78, 5) is 22.5. The number of nitrogens with one attached hydrogen (secondary N) is 2. The van der Waals surface area contributed by atoms with Gasteiger partial charge in [-0.3, -0.25) is 20.2 Å². The lowest BCUT2D eigenvalue weighted by molar-refractivity contribution is -0.385. The summed E-state index contributed by atoms with van der Waals surface area (Å²) < 4.78 is 0. The number of carbonyl (C=O) groups excluding carboxylic acids is 1. The minimum Gasteiger partial charge on any atom is -0.388 e. The standard InChI is InChI=1S/C11H11N5O3S/c1-6-14-15-11(20-6)13-10(17)8-5-7(12-2)3-4-9(8)16(18)19/h3-5,12H,1-2H3,(H,13,15,17). The lowest BCUT2D eigenvalue weighted by Gasteiger charge is -2.05. The molecule has 9 heteroatoms. The molecule has 0 spiro atoms. The summed E-state index contributed by atoms with van der Waals surface area (Å²) in [6.07, 6.45) is 0. The zero-order valence-corrected chi connectivity index (χ0v) is 11.5. The Hall–Kier alpha value is -2.55. The van der Waals surface area contributed by atoms with E-state index in [2.05, 4.69) is 20.8 Å². The number of aryl methyl sites for hydroxylation is 1. The number of amides is 1. The Bertz CT molecular complexity index is 670. The number of anilines is 2. The number of carbonyl (C=O) groups is 1. The molecule has 1 aromatic carbocycles. The van der Waals surface area contributed by atoms with E-state index in [1.54, 1.807) is 14.0 Å². The molecule has 0 aliphatic heterocycles. The first-order valence-electron chi connectivity index (χ1n) is 5.59. The maximum Gasteiger partial charge on any atom is 0.282 e. The van der Waals surface area contributed by atoms with Crippen LogP contribution in [0.2, 0.25) is 0 Å². The quantitative estimate of drug-likeness (QED) is 0.659. The molecule has 0 saturated heterocycles. The summed E-state index contributed by atoms with van der Waals surface area (Å²) >= 11 is 1.20. The molecule has 0 fully saturated rings. The molecule has 2 N–H and O–H groups in total. The molecule has 2 aromatic rings. The average molecular weight is 293 g/mol. The first kappa shape index (κ1) is 13.9. The van der Waals surface area contributed by atoms with E-state index in [4.69, 9.17) is 0 Å². The molecule has 104 valence electrons. The number of hydrogen-bond donors (Lipinski definition) is 2. The molecule has 8 nitrogen and oxygen atoms in total. The van der Waals surface area contributed by atoms with E-state index in [9.17, 15) is 14.9 Å². The van der Waals surface area contributed by atoms with Gasteiger partial charge in [0.05, 0.1) is 4.92 Å². The summed E-state index contributed by atoms with van der Waals surface area (Å²) in [7, 11) is 1.66. The average Bonchev–Trinajstić information content (AvgIpc) is 2.83. The van der Waals surface area contributed by atoms with Gasteiger partial charge in [-0.2, -0.15) is 0 Å². The van der Waals surface area contributed by atoms with Crippen LogP contribution >= 0.6 is 11.3 Å². The molecule has 2 rings (SSSR count). The van der Waals surface area contributed by atoms with Gasteiger partial charge in [0, 0.05) is 18.8 Å². The van der Waals surface area contributed by atoms with Crippen molar-refractivity contribution in [2.45, 2.75) is 6.92 Å². The lowest BCUT2D eigenvalue weighted by Crippen LogP contribution is -2.14. The van der Waals surface area contributed by atoms with Crippen LogP contribution in [0.1, 0.15) is 15.4 Å². The third kappa shape index (κ3) is 2.88. The fraction of sp³-hybridized carbons (Fsp3) is 0.182. The van der Waals surface area contributed by atoms with Gasteiger partial charge < -0.3 is 5.32 Å². The summed E-state index contributed by atoms with van der Waals surface area (Å²) in [5, 5.41) is 24.8. The van der Waals surface area contributed by atoms with E-state index in [0.717, 1.165) is 0 Å². The minimum atomic E-state index is -0.598. The first-order chi connectivity index (χ1) is 9.51. The van der Waals surface area contributed by atoms with Crippen LogP contribution in [0.15, 0.2) is 18.2 Å². The van der Waals surface area contributed by atoms with Gasteiger partial charge in [0.25, 0.3) is 11.6 Å². The predicted octanol–water partition coefficient (Wildman–Crippen LogP) is 2.05. The summed E-state index contributed by atoms with van der Waals surface area (Å²) in [5.74, 6) is -0.593. The molecule has 0 aliphatic carbocycles. The highest BCUT2D eigenvalue weighted by atomic mass is 32.1. The van der Waals surface area contributed by atoms with Crippen molar-refractivity contribution >= 4 is 33.8 Å². The summed E-state index contributed by atoms with van der Waals surface area (Å²) in [6.45, 7) is 1.75. The van der Waals surface area contributed by atoms with Crippen molar-refractivity contribution in [3.8, 4) is 0 Å². The lowest BCUT2D eigenvalue weighted by atomic mass is 10.1. The Morgan fingerprint density at radius 3 is 2.70 bits per heavy atom. The van der Waals surface area contributed by atoms with Gasteiger partial charge in [0.1, 0.15) is 10.6 Å². The third-order valence-electron chi connectivity index (χ3n) is 2.47. The van der Waals surface area contributed by atoms with E-state index < -0.39 is 10.8 Å². The molecule has 1 heterocycles. The number of hydrogen-bond acceptors (Lipinski definition) is 7. The van der Waals surface area contributed by atoms with Crippen molar-refractivity contribution in [1.29, 1.82) is 0 Å². The Labute approximate surface area is 118 Å². The zero-order valence-electron chi connectivity index (χ0n) is 10.7. The molecule has 0 saturated carbocycles. The van der Waals surface area contributed by atoms with Gasteiger partial charge in [-0.05, 0) is 19.1 Å². The van der Waals surface area contributed by atoms with Gasteiger partial charge in [-0.25, -0.2) is 0 Å². The number of aromatic nitrogens is 2. The maximum atomic E-state index is 12.1. The van der Waals surface area contributed by atoms with Gasteiger partial charge in [-0.1, -0.05) is 11.3 Å². The second kappa shape index (κ2) is 5.61. The predicted molar refractivity (Wildman–Crippen MR) is 75.2 cm³/mol. The number of rotatable bonds is 4. The fourth-order valence-corrected chi connectivity index (χ4v) is 2.13. The Kier molecular flexibility index (Phi) is 3.89. The van der Waals surface area contributed by atoms with E-state index >= 15 is 0 Å². The molecule has 1 aromatic heterocycles. The number of nitrogens with zero attached hydrogens (tertiary/aromatic N) is 3. The zero-order chi connectivity index (χ0) is 14.7. The molecule has 0 unspecified atom stereocenters. The van der Waals surface area contributed by atoms with Crippen molar-refractivity contribution in [3.05, 3.63) is 38.9 Å². The molecule has 20 heavy (non-hydrogen) atoms. The summed E-state index contributed by atoms with van der Waals surface area (Å²) in [6, 6.07) is 4.23. The highest BCUT2D eigenvalue weighted by Gasteiger charge is 2.21. The Morgan fingerprint density at radius 2 is 2.15 bits per heavy atom. The van der Waals surface area contributed by atoms with Gasteiger partial charge in [0.15, 0.2) is 0 Å². The largest absolute Gasteiger partial charge is 0.388 e. The van der Waals surface area contributed by atoms with Crippen molar-refractivity contribution in [2.24, 2.45) is 0 Å². The molecule has 1 amide bonds. The molecule has 0 aliphatic rings. The first-order valence-corrected chi connectivity index (χ1v) is 6.40. The van der Waals surface area contributed by atoms with Crippen LogP contribution in [0, 0.1) is 17.0 Å². The van der Waals surface area contributed by atoms with Crippen LogP contribution in [-0.2, 0) is 0 Å². The number of nitro groups is 1. The third-order valence-corrected chi connectivity index (χ3v) is 3.23. The second-order valence-corrected chi connectivity index (χ2v) is 5.00. The van der Waals surface area contributed by atoms with Crippen molar-refractivity contribution < 1.29 is 9.72 Å². The topological polar surface area (TPSA) is 110 Å². The molecule has 0 radical (unpaired) electrons. The monoisotopic (exact) mass is 293 g/mol. The number of benzene rings is 1. The van der Waals surface area contributed by atoms with E-state index in [1.807, 2.05) is 0 Å². The van der Waals surface area contributed by atoms with Gasteiger partial charge >= 0.3 is 0 Å². The van der Waals surface area contributed by atoms with E-state index in [-0.39, 0.29) is 11.3 Å². The molecular weight excluding hydrogens is 282 g/mol. The smallest absolute Gasteiger partial charge is 0.282 e. The summed E-state index contributed by atoms with van der Waals surface area (Å²) in [5.41, 5.74) is 0.312. The van der Waals surface area contributed by atoms with Crippen LogP contribution < -0.4 is 10.6 Å². The van der Waals surface area contributed by atoms with Crippen molar-refractivity contribution in [2.75, 3.05) is 17.7 Å². The van der Waals surface area contributed by atoms with Crippen molar-refractivity contribution in [1.82, 2.24) is 10.2 Å². The normalized spacial score (nSPS) is 10.1. The highest BCUT2D eigenvalue weighted by Crippen LogP contribution is 2.24. The molecule has 0 bridgehead atoms. The minimum absolute atomic E-state index is 0.0327. The number of nitro benzene ring substituents is 1. The van der Waals surface area contributed by atoms with E-state index in [1.165, 1.54) is 29.5 Å². The van der Waals surface area contributed by atoms with Gasteiger partial charge in [-0.15, -0.1) is 10.2 Å². The fourth-order valence-electron chi connectivity index (χ4n) is 1.54. The van der Waals surface area contributed by atoms with Crippen LogP contribution in [0.25, 0.3) is 0 Å². The Morgan fingerprint density at radius 1 is 1.40 bits per heavy atom. The Balaban J connectivity index is 2.34. The highest BCUT2D eigenvalue weighted by molar-refractivity contribution is 7.15. The van der Waals surface area contributed by atoms with E-state index in [0.29, 0.717) is 15.8 Å². The van der Waals surface area contributed by atoms with Crippen LogP contribution in [0.4, 0.5) is 16.5 Å². The molecular formula is C11H11N5O3S.